The van der Waals surface area contributed by atoms with E-state index in [2.05, 4.69) is 0 Å². The van der Waals surface area contributed by atoms with Gasteiger partial charge in [-0.25, -0.2) is 4.79 Å². The maximum atomic E-state index is 11.9. The summed E-state index contributed by atoms with van der Waals surface area (Å²) in [5.74, 6) is 1.33. The lowest BCUT2D eigenvalue weighted by Crippen LogP contribution is -2.43. The summed E-state index contributed by atoms with van der Waals surface area (Å²) in [6.45, 7) is 1.42. The van der Waals surface area contributed by atoms with E-state index in [9.17, 15) is 4.79 Å². The van der Waals surface area contributed by atoms with Crippen molar-refractivity contribution in [3.05, 3.63) is 18.2 Å². The smallest absolute Gasteiger partial charge is 0.414 e. The zero-order valence-corrected chi connectivity index (χ0v) is 10.4. The topological polar surface area (TPSA) is 68.2 Å². The Labute approximate surface area is 110 Å². The second kappa shape index (κ2) is 4.97. The van der Waals surface area contributed by atoms with Crippen LogP contribution in [0.2, 0.25) is 0 Å². The number of amides is 1. The van der Waals surface area contributed by atoms with Crippen molar-refractivity contribution in [2.24, 2.45) is 0 Å². The van der Waals surface area contributed by atoms with Crippen LogP contribution in [0, 0.1) is 0 Å². The van der Waals surface area contributed by atoms with Gasteiger partial charge < -0.3 is 19.3 Å². The number of ether oxygens (including phenoxy) is 3. The van der Waals surface area contributed by atoms with Crippen LogP contribution in [0.15, 0.2) is 18.2 Å². The standard InChI is InChI=1S/C13H15NO5/c15-8-10-3-4-14(13(16)19-10)9-1-2-11-12(7-9)18-6-5-17-11/h1-2,7,10,15H,3-6,8H2. The molecule has 1 saturated heterocycles. The van der Waals surface area contributed by atoms with E-state index in [0.29, 0.717) is 43.4 Å². The number of nitrogens with zero attached hydrogens (tertiary/aromatic N) is 1. The van der Waals surface area contributed by atoms with Gasteiger partial charge >= 0.3 is 6.09 Å². The fourth-order valence-electron chi connectivity index (χ4n) is 2.19. The third-order valence-electron chi connectivity index (χ3n) is 3.20. The molecule has 0 aromatic heterocycles. The average Bonchev–Trinajstić information content (AvgIpc) is 2.46. The molecule has 2 aliphatic rings. The van der Waals surface area contributed by atoms with E-state index in [-0.39, 0.29) is 6.61 Å². The van der Waals surface area contributed by atoms with Crippen molar-refractivity contribution in [3.8, 4) is 11.5 Å². The number of anilines is 1. The van der Waals surface area contributed by atoms with Gasteiger partial charge in [-0.15, -0.1) is 0 Å². The molecule has 1 atom stereocenters. The first-order valence-corrected chi connectivity index (χ1v) is 6.26. The number of hydrogen-bond acceptors (Lipinski definition) is 5. The first kappa shape index (κ1) is 12.1. The second-order valence-electron chi connectivity index (χ2n) is 4.46. The Balaban J connectivity index is 1.80. The number of aliphatic hydroxyl groups excluding tert-OH is 1. The zero-order valence-electron chi connectivity index (χ0n) is 10.4. The molecule has 1 aromatic rings. The van der Waals surface area contributed by atoms with Crippen LogP contribution in [0.1, 0.15) is 6.42 Å². The van der Waals surface area contributed by atoms with Crippen LogP contribution in [-0.2, 0) is 4.74 Å². The zero-order chi connectivity index (χ0) is 13.2. The molecular formula is C13H15NO5. The number of fused-ring (bicyclic) bond motifs is 1. The van der Waals surface area contributed by atoms with Crippen LogP contribution in [0.5, 0.6) is 11.5 Å². The first-order valence-electron chi connectivity index (χ1n) is 6.26. The molecule has 2 aliphatic heterocycles. The van der Waals surface area contributed by atoms with Crippen molar-refractivity contribution < 1.29 is 24.1 Å². The Morgan fingerprint density at radius 1 is 1.26 bits per heavy atom. The van der Waals surface area contributed by atoms with E-state index in [0.717, 1.165) is 0 Å². The molecule has 6 nitrogen and oxygen atoms in total. The molecule has 102 valence electrons. The van der Waals surface area contributed by atoms with E-state index in [1.165, 1.54) is 4.90 Å². The van der Waals surface area contributed by atoms with E-state index >= 15 is 0 Å². The Hall–Kier alpha value is -1.95. The average molecular weight is 265 g/mol. The molecule has 19 heavy (non-hydrogen) atoms. The summed E-state index contributed by atoms with van der Waals surface area (Å²) in [5, 5.41) is 8.99. The van der Waals surface area contributed by atoms with E-state index in [4.69, 9.17) is 19.3 Å². The van der Waals surface area contributed by atoms with E-state index in [1.807, 2.05) is 0 Å². The molecule has 0 spiro atoms. The fourth-order valence-corrected chi connectivity index (χ4v) is 2.19. The third kappa shape index (κ3) is 2.31. The Morgan fingerprint density at radius 2 is 2.05 bits per heavy atom. The number of cyclic esters (lactones) is 1. The highest BCUT2D eigenvalue weighted by Crippen LogP contribution is 2.34. The highest BCUT2D eigenvalue weighted by Gasteiger charge is 2.28. The summed E-state index contributed by atoms with van der Waals surface area (Å²) < 4.78 is 16.0. The minimum Gasteiger partial charge on any atom is -0.486 e. The van der Waals surface area contributed by atoms with E-state index in [1.54, 1.807) is 18.2 Å². The van der Waals surface area contributed by atoms with Gasteiger partial charge in [-0.1, -0.05) is 0 Å². The van der Waals surface area contributed by atoms with Gasteiger partial charge in [-0.3, -0.25) is 4.90 Å². The van der Waals surface area contributed by atoms with Gasteiger partial charge in [0.2, 0.25) is 0 Å². The second-order valence-corrected chi connectivity index (χ2v) is 4.46. The Kier molecular flexibility index (Phi) is 3.16. The summed E-state index contributed by atoms with van der Waals surface area (Å²) in [7, 11) is 0. The van der Waals surface area contributed by atoms with Gasteiger partial charge in [-0.2, -0.15) is 0 Å². The lowest BCUT2D eigenvalue weighted by molar-refractivity contribution is 0.0453. The monoisotopic (exact) mass is 265 g/mol. The van der Waals surface area contributed by atoms with Gasteiger partial charge in [0.05, 0.1) is 12.3 Å². The molecule has 0 radical (unpaired) electrons. The lowest BCUT2D eigenvalue weighted by Gasteiger charge is -2.31. The number of carbonyl (C=O) groups is 1. The van der Waals surface area contributed by atoms with Crippen LogP contribution < -0.4 is 14.4 Å². The number of aliphatic hydroxyl groups is 1. The summed E-state index contributed by atoms with van der Waals surface area (Å²) >= 11 is 0. The van der Waals surface area contributed by atoms with Crippen LogP contribution in [0.3, 0.4) is 0 Å². The molecule has 1 amide bonds. The van der Waals surface area contributed by atoms with Crippen LogP contribution in [0.25, 0.3) is 0 Å². The van der Waals surface area contributed by atoms with Crippen LogP contribution in [0.4, 0.5) is 10.5 Å². The van der Waals surface area contributed by atoms with Crippen molar-refractivity contribution in [3.63, 3.8) is 0 Å². The van der Waals surface area contributed by atoms with Crippen molar-refractivity contribution in [1.82, 2.24) is 0 Å². The van der Waals surface area contributed by atoms with Crippen LogP contribution in [-0.4, -0.2) is 43.7 Å². The maximum Gasteiger partial charge on any atom is 0.414 e. The van der Waals surface area contributed by atoms with Crippen LogP contribution >= 0.6 is 0 Å². The summed E-state index contributed by atoms with van der Waals surface area (Å²) in [4.78, 5) is 13.4. The molecule has 0 aliphatic carbocycles. The number of rotatable bonds is 2. The number of benzene rings is 1. The molecule has 0 bridgehead atoms. The minimum atomic E-state index is -0.443. The van der Waals surface area contributed by atoms with Gasteiger partial charge in [0, 0.05) is 19.0 Å². The summed E-state index contributed by atoms with van der Waals surface area (Å²) in [6, 6.07) is 5.36. The molecule has 6 heteroatoms. The van der Waals surface area contributed by atoms with Crippen molar-refractivity contribution in [1.29, 1.82) is 0 Å². The summed E-state index contributed by atoms with van der Waals surface area (Å²) in [6.07, 6.45) is -0.237. The number of hydrogen-bond donors (Lipinski definition) is 1. The van der Waals surface area contributed by atoms with Crippen molar-refractivity contribution >= 4 is 11.8 Å². The highest BCUT2D eigenvalue weighted by atomic mass is 16.6. The normalized spacial score (nSPS) is 22.1. The third-order valence-corrected chi connectivity index (χ3v) is 3.20. The van der Waals surface area contributed by atoms with Crippen molar-refractivity contribution in [2.75, 3.05) is 31.3 Å². The molecule has 1 aromatic carbocycles. The minimum absolute atomic E-state index is 0.138. The molecule has 1 N–H and O–H groups in total. The SMILES string of the molecule is O=C1OC(CO)CCN1c1ccc2c(c1)OCCO2. The largest absolute Gasteiger partial charge is 0.486 e. The van der Waals surface area contributed by atoms with Gasteiger partial charge in [0.1, 0.15) is 19.3 Å². The molecule has 3 rings (SSSR count). The predicted molar refractivity (Wildman–Crippen MR) is 66.7 cm³/mol. The highest BCUT2D eigenvalue weighted by molar-refractivity contribution is 5.88. The lowest BCUT2D eigenvalue weighted by atomic mass is 10.2. The Morgan fingerprint density at radius 3 is 2.79 bits per heavy atom. The molecule has 0 saturated carbocycles. The molecular weight excluding hydrogens is 250 g/mol. The molecule has 1 fully saturated rings. The molecule has 1 unspecified atom stereocenters. The van der Waals surface area contributed by atoms with Crippen molar-refractivity contribution in [2.45, 2.75) is 12.5 Å². The fraction of sp³-hybridized carbons (Fsp3) is 0.462. The van der Waals surface area contributed by atoms with E-state index < -0.39 is 12.2 Å². The quantitative estimate of drug-likeness (QED) is 0.869. The van der Waals surface area contributed by atoms with Gasteiger partial charge in [0.25, 0.3) is 0 Å². The maximum absolute atomic E-state index is 11.9. The molecule has 2 heterocycles. The number of carbonyl (C=O) groups excluding carboxylic acids is 1. The predicted octanol–water partition coefficient (Wildman–Crippen LogP) is 1.17. The van der Waals surface area contributed by atoms with Gasteiger partial charge in [-0.05, 0) is 12.1 Å². The first-order chi connectivity index (χ1) is 9.28. The Bertz CT molecular complexity index is 490. The summed E-state index contributed by atoms with van der Waals surface area (Å²) in [5.41, 5.74) is 0.714. The van der Waals surface area contributed by atoms with Gasteiger partial charge in [0.15, 0.2) is 11.5 Å².